The molecule has 0 radical (unpaired) electrons. The number of carboxylic acid groups (broad SMARTS) is 1. The van der Waals surface area contributed by atoms with Crippen LogP contribution in [0.2, 0.25) is 0 Å². The second-order valence-electron chi connectivity index (χ2n) is 11.7. The Balaban J connectivity index is 1.24. The zero-order chi connectivity index (χ0) is 24.0. The summed E-state index contributed by atoms with van der Waals surface area (Å²) in [6.45, 7) is 0.970. The summed E-state index contributed by atoms with van der Waals surface area (Å²) in [5.74, 6) is 2.31. The summed E-state index contributed by atoms with van der Waals surface area (Å²) < 4.78 is 0. The predicted molar refractivity (Wildman–Crippen MR) is 133 cm³/mol. The fraction of sp³-hybridized carbons (Fsp3) is 0.607. The van der Waals surface area contributed by atoms with Crippen LogP contribution in [-0.2, 0) is 6.42 Å². The third kappa shape index (κ3) is 4.63. The van der Waals surface area contributed by atoms with E-state index < -0.39 is 5.97 Å². The third-order valence-electron chi connectivity index (χ3n) is 9.09. The van der Waals surface area contributed by atoms with Gasteiger partial charge in [-0.3, -0.25) is 4.79 Å². The van der Waals surface area contributed by atoms with Gasteiger partial charge in [0.25, 0.3) is 5.91 Å². The van der Waals surface area contributed by atoms with E-state index in [4.69, 9.17) is 4.98 Å². The minimum Gasteiger partial charge on any atom is -0.478 e. The van der Waals surface area contributed by atoms with Gasteiger partial charge in [0.1, 0.15) is 11.5 Å². The fourth-order valence-corrected chi connectivity index (χ4v) is 7.96. The molecular weight excluding hydrogens is 440 g/mol. The van der Waals surface area contributed by atoms with Crippen molar-refractivity contribution in [2.75, 3.05) is 11.9 Å². The number of imidazole rings is 1. The summed E-state index contributed by atoms with van der Waals surface area (Å²) >= 11 is 0. The highest BCUT2D eigenvalue weighted by Gasteiger charge is 2.50. The van der Waals surface area contributed by atoms with E-state index in [2.05, 4.69) is 15.6 Å². The number of carbonyl (C=O) groups is 2. The number of benzene rings is 1. The maximum Gasteiger partial charge on any atom is 0.335 e. The first-order chi connectivity index (χ1) is 17.0. The van der Waals surface area contributed by atoms with Crippen molar-refractivity contribution in [2.24, 2.45) is 23.2 Å². The molecule has 35 heavy (non-hydrogen) atoms. The molecule has 2 heterocycles. The molecule has 7 heteroatoms. The molecule has 5 aliphatic rings. The number of aryl methyl sites for hydroxylation is 1. The van der Waals surface area contributed by atoms with Crippen molar-refractivity contribution in [3.05, 3.63) is 47.0 Å². The number of H-pyrrole nitrogens is 1. The number of aromatic nitrogens is 2. The van der Waals surface area contributed by atoms with Crippen LogP contribution in [0.4, 0.5) is 5.69 Å². The summed E-state index contributed by atoms with van der Waals surface area (Å²) in [6.07, 6.45) is 13.7. The van der Waals surface area contributed by atoms with Crippen LogP contribution < -0.4 is 10.6 Å². The molecule has 1 atom stereocenters. The Morgan fingerprint density at radius 3 is 2.49 bits per heavy atom. The van der Waals surface area contributed by atoms with E-state index in [0.29, 0.717) is 16.8 Å². The van der Waals surface area contributed by atoms with E-state index in [-0.39, 0.29) is 17.5 Å². The standard InChI is InChI=1S/C28H36N4O3/c33-26(30-21-5-3-4-20(13-21)27(34)35)24-22(31-25(32-24)23-6-1-2-9-29-23)7-8-28-14-17-10-18(15-28)12-19(11-17)16-28/h3-5,13,17-19,23,29H,1-2,6-12,14-16H2,(H,30,33)(H,31,32)(H,34,35). The monoisotopic (exact) mass is 476 g/mol. The number of aromatic amines is 1. The molecule has 4 N–H and O–H groups in total. The number of amides is 1. The number of carbonyl (C=O) groups excluding carboxylic acids is 1. The number of carboxylic acids is 1. The molecule has 7 rings (SSSR count). The van der Waals surface area contributed by atoms with Gasteiger partial charge >= 0.3 is 5.97 Å². The molecule has 4 saturated carbocycles. The van der Waals surface area contributed by atoms with Crippen LogP contribution >= 0.6 is 0 Å². The van der Waals surface area contributed by atoms with Gasteiger partial charge in [0.15, 0.2) is 0 Å². The van der Waals surface area contributed by atoms with Crippen molar-refractivity contribution in [3.8, 4) is 0 Å². The van der Waals surface area contributed by atoms with E-state index in [1.807, 2.05) is 0 Å². The maximum absolute atomic E-state index is 13.4. The average molecular weight is 477 g/mol. The van der Waals surface area contributed by atoms with Gasteiger partial charge in [-0.15, -0.1) is 0 Å². The van der Waals surface area contributed by atoms with Crippen molar-refractivity contribution in [2.45, 2.75) is 76.7 Å². The van der Waals surface area contributed by atoms with Gasteiger partial charge in [-0.25, -0.2) is 9.78 Å². The molecule has 1 aromatic heterocycles. The SMILES string of the molecule is O=C(O)c1cccc(NC(=O)c2nc(C3CCCCN3)[nH]c2CCC23CC4CC(CC(C4)C2)C3)c1. The zero-order valence-electron chi connectivity index (χ0n) is 20.3. The van der Waals surface area contributed by atoms with Gasteiger partial charge < -0.3 is 20.7 Å². The van der Waals surface area contributed by atoms with Gasteiger partial charge in [0, 0.05) is 11.4 Å². The first-order valence-corrected chi connectivity index (χ1v) is 13.4. The summed E-state index contributed by atoms with van der Waals surface area (Å²) in [5, 5.41) is 15.7. The molecule has 186 valence electrons. The molecule has 1 unspecified atom stereocenters. The average Bonchev–Trinajstić information content (AvgIpc) is 3.27. The summed E-state index contributed by atoms with van der Waals surface area (Å²) in [4.78, 5) is 33.1. The van der Waals surface area contributed by atoms with Gasteiger partial charge in [-0.05, 0) is 112 Å². The van der Waals surface area contributed by atoms with Crippen molar-refractivity contribution >= 4 is 17.6 Å². The minimum absolute atomic E-state index is 0.152. The number of aromatic carboxylic acids is 1. The molecule has 4 bridgehead atoms. The van der Waals surface area contributed by atoms with Crippen LogP contribution in [0.15, 0.2) is 24.3 Å². The zero-order valence-corrected chi connectivity index (χ0v) is 20.3. The van der Waals surface area contributed by atoms with Crippen LogP contribution in [-0.4, -0.2) is 33.5 Å². The molecule has 7 nitrogen and oxygen atoms in total. The lowest BCUT2D eigenvalue weighted by Gasteiger charge is -2.57. The number of anilines is 1. The van der Waals surface area contributed by atoms with Crippen molar-refractivity contribution in [3.63, 3.8) is 0 Å². The lowest BCUT2D eigenvalue weighted by Crippen LogP contribution is -2.46. The molecular formula is C28H36N4O3. The van der Waals surface area contributed by atoms with E-state index in [0.717, 1.165) is 61.5 Å². The number of rotatable bonds is 7. The number of nitrogens with zero attached hydrogens (tertiary/aromatic N) is 1. The van der Waals surface area contributed by atoms with Crippen molar-refractivity contribution < 1.29 is 14.7 Å². The van der Waals surface area contributed by atoms with E-state index in [1.54, 1.807) is 12.1 Å². The first kappa shape index (κ1) is 22.8. The molecule has 0 spiro atoms. The fourth-order valence-electron chi connectivity index (χ4n) is 7.96. The van der Waals surface area contributed by atoms with Gasteiger partial charge in [-0.2, -0.15) is 0 Å². The molecule has 4 aliphatic carbocycles. The smallest absolute Gasteiger partial charge is 0.335 e. The number of nitrogens with one attached hydrogen (secondary N) is 3. The van der Waals surface area contributed by atoms with Gasteiger partial charge in [-0.1, -0.05) is 12.5 Å². The Morgan fingerprint density at radius 2 is 1.83 bits per heavy atom. The largest absolute Gasteiger partial charge is 0.478 e. The first-order valence-electron chi connectivity index (χ1n) is 13.4. The molecule has 1 amide bonds. The number of hydrogen-bond acceptors (Lipinski definition) is 4. The van der Waals surface area contributed by atoms with Gasteiger partial charge in [0.2, 0.25) is 0 Å². The molecule has 1 aliphatic heterocycles. The summed E-state index contributed by atoms with van der Waals surface area (Å²) in [5.41, 5.74) is 2.45. The lowest BCUT2D eigenvalue weighted by atomic mass is 9.48. The quantitative estimate of drug-likeness (QED) is 0.432. The lowest BCUT2D eigenvalue weighted by molar-refractivity contribution is -0.0570. The van der Waals surface area contributed by atoms with Crippen LogP contribution in [0, 0.1) is 23.2 Å². The van der Waals surface area contributed by atoms with Gasteiger partial charge in [0.05, 0.1) is 11.6 Å². The molecule has 1 aromatic carbocycles. The normalized spacial score (nSPS) is 31.4. The Bertz CT molecular complexity index is 1080. The van der Waals surface area contributed by atoms with Crippen molar-refractivity contribution in [1.82, 2.24) is 15.3 Å². The second kappa shape index (κ2) is 9.08. The molecule has 2 aromatic rings. The summed E-state index contributed by atoms with van der Waals surface area (Å²) in [6, 6.07) is 6.53. The predicted octanol–water partition coefficient (Wildman–Crippen LogP) is 5.32. The number of piperidine rings is 1. The highest BCUT2D eigenvalue weighted by Crippen LogP contribution is 2.61. The maximum atomic E-state index is 13.4. The third-order valence-corrected chi connectivity index (χ3v) is 9.09. The van der Waals surface area contributed by atoms with E-state index in [1.165, 1.54) is 57.1 Å². The topological polar surface area (TPSA) is 107 Å². The molecule has 1 saturated heterocycles. The van der Waals surface area contributed by atoms with Crippen LogP contribution in [0.3, 0.4) is 0 Å². The van der Waals surface area contributed by atoms with Crippen molar-refractivity contribution in [1.29, 1.82) is 0 Å². The Labute approximate surface area is 206 Å². The van der Waals surface area contributed by atoms with Crippen LogP contribution in [0.1, 0.15) is 103 Å². The summed E-state index contributed by atoms with van der Waals surface area (Å²) in [7, 11) is 0. The van der Waals surface area contributed by atoms with E-state index in [9.17, 15) is 14.7 Å². The van der Waals surface area contributed by atoms with E-state index >= 15 is 0 Å². The highest BCUT2D eigenvalue weighted by atomic mass is 16.4. The van der Waals surface area contributed by atoms with Crippen LogP contribution in [0.5, 0.6) is 0 Å². The van der Waals surface area contributed by atoms with Crippen LogP contribution in [0.25, 0.3) is 0 Å². The molecule has 5 fully saturated rings. The second-order valence-corrected chi connectivity index (χ2v) is 11.7. The minimum atomic E-state index is -1.01. The Kier molecular flexibility index (Phi) is 5.91. The Hall–Kier alpha value is -2.67. The number of hydrogen-bond donors (Lipinski definition) is 4. The highest BCUT2D eigenvalue weighted by molar-refractivity contribution is 6.04. The Morgan fingerprint density at radius 1 is 1.09 bits per heavy atom.